The van der Waals surface area contributed by atoms with Crippen LogP contribution in [0.2, 0.25) is 0 Å². The number of nitrogens with one attached hydrogen (secondary N) is 1. The summed E-state index contributed by atoms with van der Waals surface area (Å²) in [7, 11) is 0. The molecule has 9 heteroatoms. The Morgan fingerprint density at radius 3 is 1.35 bits per heavy atom. The predicted octanol–water partition coefficient (Wildman–Crippen LogP) is 14.5. The van der Waals surface area contributed by atoms with Crippen LogP contribution in [0, 0.1) is 0 Å². The van der Waals surface area contributed by atoms with Crippen LogP contribution in [0.25, 0.3) is 0 Å². The predicted molar refractivity (Wildman–Crippen MR) is 290 cm³/mol. The molecular weight excluding hydrogens is 863 g/mol. The van der Waals surface area contributed by atoms with Crippen molar-refractivity contribution in [1.82, 2.24) is 5.32 Å². The highest BCUT2D eigenvalue weighted by molar-refractivity contribution is 5.76. The van der Waals surface area contributed by atoms with Crippen LogP contribution >= 0.6 is 0 Å². The molecule has 1 amide bonds. The maximum absolute atomic E-state index is 13.0. The lowest BCUT2D eigenvalue weighted by Crippen LogP contribution is -2.60. The van der Waals surface area contributed by atoms with Crippen molar-refractivity contribution in [2.24, 2.45) is 0 Å². The minimum absolute atomic E-state index is 0.200. The molecule has 0 aromatic carbocycles. The maximum atomic E-state index is 13.0. The molecule has 1 aliphatic heterocycles. The van der Waals surface area contributed by atoms with Gasteiger partial charge in [-0.25, -0.2) is 0 Å². The SMILES string of the molecule is CCCC/C=C\C/C=C\CCCCCCCC(=O)NC(COC1OC(CO)C(O)C(O)C1O)C(O)/C=C/CC/C=C/CCCCCCCCCCCCCCCCCCCCCCCCCCCC. The van der Waals surface area contributed by atoms with Crippen molar-refractivity contribution >= 4 is 5.91 Å². The molecule has 0 aromatic rings. The summed E-state index contributed by atoms with van der Waals surface area (Å²) < 4.78 is 11.2. The van der Waals surface area contributed by atoms with E-state index in [1.165, 1.54) is 180 Å². The standard InChI is InChI=1S/C60H111NO8/c1-3-5-7-9-11-13-15-17-19-20-21-22-23-24-25-26-27-28-29-30-31-32-33-34-35-36-37-39-41-43-45-47-49-54(63)53(52-68-60-59(67)58(66)57(65)55(51-62)69-60)61-56(64)50-48-46-44-42-40-38-18-16-14-12-10-8-6-4-2/h10,12,16,18,39,41,47,49,53-55,57-60,62-63,65-67H,3-9,11,13-15,17,19-38,40,42-46,48,50-52H2,1-2H3,(H,61,64)/b12-10-,18-16-,41-39+,49-47+. The van der Waals surface area contributed by atoms with Gasteiger partial charge < -0.3 is 40.3 Å². The van der Waals surface area contributed by atoms with Crippen LogP contribution in [-0.2, 0) is 14.3 Å². The van der Waals surface area contributed by atoms with Crippen LogP contribution in [0.15, 0.2) is 48.6 Å². The number of amides is 1. The first-order chi connectivity index (χ1) is 33.8. The summed E-state index contributed by atoms with van der Waals surface area (Å²) in [5.74, 6) is -0.200. The van der Waals surface area contributed by atoms with Gasteiger partial charge in [-0.05, 0) is 57.8 Å². The van der Waals surface area contributed by atoms with Gasteiger partial charge in [0.2, 0.25) is 5.91 Å². The molecule has 0 bridgehead atoms. The Kier molecular flexibility index (Phi) is 47.0. The summed E-state index contributed by atoms with van der Waals surface area (Å²) in [5.41, 5.74) is 0. The molecule has 1 saturated heterocycles. The van der Waals surface area contributed by atoms with Crippen molar-refractivity contribution in [3.8, 4) is 0 Å². The highest BCUT2D eigenvalue weighted by Crippen LogP contribution is 2.23. The van der Waals surface area contributed by atoms with Crippen molar-refractivity contribution in [1.29, 1.82) is 0 Å². The Balaban J connectivity index is 2.17. The van der Waals surface area contributed by atoms with Crippen molar-refractivity contribution in [3.63, 3.8) is 0 Å². The van der Waals surface area contributed by atoms with Gasteiger partial charge in [-0.3, -0.25) is 4.79 Å². The van der Waals surface area contributed by atoms with E-state index in [2.05, 4.69) is 55.6 Å². The average Bonchev–Trinajstić information content (AvgIpc) is 3.35. The Hall–Kier alpha value is -1.85. The van der Waals surface area contributed by atoms with E-state index in [1.54, 1.807) is 6.08 Å². The molecule has 404 valence electrons. The van der Waals surface area contributed by atoms with E-state index < -0.39 is 49.5 Å². The third-order valence-electron chi connectivity index (χ3n) is 13.9. The van der Waals surface area contributed by atoms with Gasteiger partial charge in [0, 0.05) is 6.42 Å². The first kappa shape index (κ1) is 65.2. The second kappa shape index (κ2) is 49.7. The van der Waals surface area contributed by atoms with Crippen LogP contribution < -0.4 is 5.32 Å². The quantitative estimate of drug-likeness (QED) is 0.0261. The number of ether oxygens (including phenoxy) is 2. The zero-order valence-corrected chi connectivity index (χ0v) is 44.8. The Labute approximate surface area is 424 Å². The molecule has 0 spiro atoms. The van der Waals surface area contributed by atoms with Gasteiger partial charge in [0.15, 0.2) is 6.29 Å². The summed E-state index contributed by atoms with van der Waals surface area (Å²) in [6.07, 6.45) is 59.2. The fraction of sp³-hybridized carbons (Fsp3) is 0.850. The maximum Gasteiger partial charge on any atom is 0.220 e. The molecule has 1 fully saturated rings. The van der Waals surface area contributed by atoms with Gasteiger partial charge in [-0.15, -0.1) is 0 Å². The molecule has 1 aliphatic rings. The first-order valence-electron chi connectivity index (χ1n) is 29.4. The molecular formula is C60H111NO8. The Bertz CT molecular complexity index is 1220. The van der Waals surface area contributed by atoms with E-state index >= 15 is 0 Å². The molecule has 7 atom stereocenters. The molecule has 0 aliphatic carbocycles. The number of aliphatic hydroxyl groups is 5. The number of unbranched alkanes of at least 4 members (excludes halogenated alkanes) is 34. The van der Waals surface area contributed by atoms with Crippen LogP contribution in [-0.4, -0.2) is 87.5 Å². The smallest absolute Gasteiger partial charge is 0.220 e. The average molecular weight is 975 g/mol. The van der Waals surface area contributed by atoms with Crippen LogP contribution in [0.4, 0.5) is 0 Å². The largest absolute Gasteiger partial charge is 0.394 e. The second-order valence-corrected chi connectivity index (χ2v) is 20.4. The van der Waals surface area contributed by atoms with E-state index in [4.69, 9.17) is 9.47 Å². The third kappa shape index (κ3) is 39.4. The normalized spacial score (nSPS) is 19.8. The van der Waals surface area contributed by atoms with Gasteiger partial charge in [0.25, 0.3) is 0 Å². The molecule has 69 heavy (non-hydrogen) atoms. The molecule has 0 radical (unpaired) electrons. The Morgan fingerprint density at radius 2 is 0.884 bits per heavy atom. The molecule has 0 saturated carbocycles. The second-order valence-electron chi connectivity index (χ2n) is 20.4. The topological polar surface area (TPSA) is 149 Å². The number of rotatable bonds is 50. The van der Waals surface area contributed by atoms with Gasteiger partial charge in [-0.1, -0.05) is 255 Å². The van der Waals surface area contributed by atoms with Crippen molar-refractivity contribution in [2.45, 2.75) is 314 Å². The summed E-state index contributed by atoms with van der Waals surface area (Å²) in [4.78, 5) is 13.0. The lowest BCUT2D eigenvalue weighted by molar-refractivity contribution is -0.302. The molecule has 1 rings (SSSR count). The minimum Gasteiger partial charge on any atom is -0.394 e. The van der Waals surface area contributed by atoms with Crippen molar-refractivity contribution in [3.05, 3.63) is 48.6 Å². The highest BCUT2D eigenvalue weighted by atomic mass is 16.7. The van der Waals surface area contributed by atoms with E-state index in [9.17, 15) is 30.3 Å². The summed E-state index contributed by atoms with van der Waals surface area (Å²) in [5, 5.41) is 54.4. The number of hydrogen-bond acceptors (Lipinski definition) is 8. The first-order valence-corrected chi connectivity index (χ1v) is 29.4. The molecule has 7 unspecified atom stereocenters. The van der Waals surface area contributed by atoms with Crippen LogP contribution in [0.5, 0.6) is 0 Å². The van der Waals surface area contributed by atoms with Gasteiger partial charge in [0.1, 0.15) is 24.4 Å². The highest BCUT2D eigenvalue weighted by Gasteiger charge is 2.44. The summed E-state index contributed by atoms with van der Waals surface area (Å²) in [6.45, 7) is 3.73. The molecule has 1 heterocycles. The van der Waals surface area contributed by atoms with Crippen LogP contribution in [0.3, 0.4) is 0 Å². The number of aliphatic hydroxyl groups excluding tert-OH is 5. The lowest BCUT2D eigenvalue weighted by Gasteiger charge is -2.40. The number of carbonyl (C=O) groups is 1. The number of allylic oxidation sites excluding steroid dienone is 7. The lowest BCUT2D eigenvalue weighted by atomic mass is 9.99. The summed E-state index contributed by atoms with van der Waals surface area (Å²) in [6, 6.07) is -0.830. The van der Waals surface area contributed by atoms with Gasteiger partial charge in [0.05, 0.1) is 25.4 Å². The fourth-order valence-corrected chi connectivity index (χ4v) is 9.19. The van der Waals surface area contributed by atoms with E-state index in [-0.39, 0.29) is 12.5 Å². The zero-order valence-electron chi connectivity index (χ0n) is 44.8. The van der Waals surface area contributed by atoms with E-state index in [1.807, 2.05) is 6.08 Å². The van der Waals surface area contributed by atoms with Gasteiger partial charge in [-0.2, -0.15) is 0 Å². The Morgan fingerprint density at radius 1 is 0.493 bits per heavy atom. The third-order valence-corrected chi connectivity index (χ3v) is 13.9. The number of hydrogen-bond donors (Lipinski definition) is 6. The van der Waals surface area contributed by atoms with Crippen molar-refractivity contribution < 1.29 is 39.8 Å². The van der Waals surface area contributed by atoms with Gasteiger partial charge >= 0.3 is 0 Å². The van der Waals surface area contributed by atoms with Crippen molar-refractivity contribution in [2.75, 3.05) is 13.2 Å². The molecule has 0 aromatic heterocycles. The summed E-state index contributed by atoms with van der Waals surface area (Å²) >= 11 is 0. The van der Waals surface area contributed by atoms with Crippen LogP contribution in [0.1, 0.15) is 271 Å². The molecule has 6 N–H and O–H groups in total. The zero-order chi connectivity index (χ0) is 50.1. The minimum atomic E-state index is -1.58. The fourth-order valence-electron chi connectivity index (χ4n) is 9.19. The number of carbonyl (C=O) groups excluding carboxylic acids is 1. The molecule has 9 nitrogen and oxygen atoms in total. The van der Waals surface area contributed by atoms with E-state index in [0.29, 0.717) is 6.42 Å². The van der Waals surface area contributed by atoms with E-state index in [0.717, 1.165) is 70.6 Å². The monoisotopic (exact) mass is 974 g/mol.